The summed E-state index contributed by atoms with van der Waals surface area (Å²) >= 11 is 0. The zero-order valence-electron chi connectivity index (χ0n) is 7.70. The van der Waals surface area contributed by atoms with Crippen molar-refractivity contribution in [3.8, 4) is 0 Å². The minimum absolute atomic E-state index is 0.339. The van der Waals surface area contributed by atoms with Gasteiger partial charge in [-0.05, 0) is 24.8 Å². The van der Waals surface area contributed by atoms with Gasteiger partial charge in [-0.3, -0.25) is 0 Å². The van der Waals surface area contributed by atoms with E-state index < -0.39 is 0 Å². The molecule has 1 heterocycles. The second-order valence-corrected chi connectivity index (χ2v) is 3.30. The van der Waals surface area contributed by atoms with Crippen molar-refractivity contribution >= 4 is 0 Å². The Morgan fingerprint density at radius 2 is 1.92 bits per heavy atom. The van der Waals surface area contributed by atoms with Crippen LogP contribution in [0.5, 0.6) is 0 Å². The third-order valence-corrected chi connectivity index (χ3v) is 2.21. The van der Waals surface area contributed by atoms with Gasteiger partial charge in [-0.2, -0.15) is 0 Å². The minimum Gasteiger partial charge on any atom is -0.381 e. The van der Waals surface area contributed by atoms with Crippen LogP contribution in [0.25, 0.3) is 0 Å². The van der Waals surface area contributed by atoms with E-state index in [1.165, 1.54) is 11.1 Å². The second-order valence-electron chi connectivity index (χ2n) is 3.30. The van der Waals surface area contributed by atoms with E-state index in [4.69, 9.17) is 0 Å². The molecule has 0 bridgehead atoms. The van der Waals surface area contributed by atoms with Crippen molar-refractivity contribution in [2.75, 3.05) is 0 Å². The molecule has 1 unspecified atom stereocenters. The Balaban J connectivity index is 2.24. The van der Waals surface area contributed by atoms with Crippen molar-refractivity contribution in [1.29, 1.82) is 0 Å². The Bertz CT molecular complexity index is 335. The van der Waals surface area contributed by atoms with Crippen LogP contribution >= 0.6 is 0 Å². The molecule has 1 N–H and O–H groups in total. The Kier molecular flexibility index (Phi) is 2.17. The molecule has 0 spiro atoms. The normalized spacial score (nSPS) is 20.7. The third kappa shape index (κ3) is 1.81. The van der Waals surface area contributed by atoms with E-state index >= 15 is 0 Å². The van der Waals surface area contributed by atoms with Crippen LogP contribution in [-0.2, 0) is 0 Å². The zero-order chi connectivity index (χ0) is 9.10. The van der Waals surface area contributed by atoms with Gasteiger partial charge >= 0.3 is 0 Å². The molecule has 1 aliphatic rings. The summed E-state index contributed by atoms with van der Waals surface area (Å²) < 4.78 is 0. The topological polar surface area (TPSA) is 12.0 Å². The molecular formula is C12H13N. The standard InChI is InChI=1S/C12H13N/c1-10-7-8-13-12(9-10)11-5-3-2-4-6-11/h2-9,12-13H,1H3. The predicted molar refractivity (Wildman–Crippen MR) is 55.2 cm³/mol. The fourth-order valence-electron chi connectivity index (χ4n) is 1.50. The molecule has 0 aliphatic carbocycles. The molecule has 1 heteroatoms. The monoisotopic (exact) mass is 171 g/mol. The smallest absolute Gasteiger partial charge is 0.0698 e. The number of nitrogens with one attached hydrogen (secondary N) is 1. The average Bonchev–Trinajstić information content (AvgIpc) is 2.19. The number of hydrogen-bond acceptors (Lipinski definition) is 1. The highest BCUT2D eigenvalue weighted by atomic mass is 14.9. The average molecular weight is 171 g/mol. The summed E-state index contributed by atoms with van der Waals surface area (Å²) in [5, 5.41) is 3.31. The molecule has 0 fully saturated rings. The van der Waals surface area contributed by atoms with E-state index in [1.807, 2.05) is 12.3 Å². The lowest BCUT2D eigenvalue weighted by Gasteiger charge is -2.17. The zero-order valence-corrected chi connectivity index (χ0v) is 7.70. The molecule has 1 aromatic carbocycles. The Hall–Kier alpha value is -1.50. The SMILES string of the molecule is CC1=CC(c2ccccc2)NC=C1. The Morgan fingerprint density at radius 1 is 1.15 bits per heavy atom. The van der Waals surface area contributed by atoms with E-state index in [9.17, 15) is 0 Å². The van der Waals surface area contributed by atoms with Crippen LogP contribution in [0.3, 0.4) is 0 Å². The molecule has 0 radical (unpaired) electrons. The minimum atomic E-state index is 0.339. The lowest BCUT2D eigenvalue weighted by atomic mass is 10.0. The van der Waals surface area contributed by atoms with Gasteiger partial charge in [0.1, 0.15) is 0 Å². The highest BCUT2D eigenvalue weighted by Gasteiger charge is 2.07. The van der Waals surface area contributed by atoms with Crippen molar-refractivity contribution < 1.29 is 0 Å². The maximum Gasteiger partial charge on any atom is 0.0698 e. The van der Waals surface area contributed by atoms with Crippen LogP contribution in [0.1, 0.15) is 18.5 Å². The van der Waals surface area contributed by atoms with Crippen molar-refractivity contribution in [3.05, 3.63) is 59.8 Å². The maximum absolute atomic E-state index is 3.31. The summed E-state index contributed by atoms with van der Waals surface area (Å²) in [6, 6.07) is 10.8. The number of benzene rings is 1. The molecule has 13 heavy (non-hydrogen) atoms. The van der Waals surface area contributed by atoms with Crippen molar-refractivity contribution in [2.24, 2.45) is 0 Å². The van der Waals surface area contributed by atoms with Gasteiger partial charge in [-0.25, -0.2) is 0 Å². The molecule has 1 aliphatic heterocycles. The van der Waals surface area contributed by atoms with Gasteiger partial charge in [0, 0.05) is 0 Å². The fourth-order valence-corrected chi connectivity index (χ4v) is 1.50. The molecule has 0 saturated carbocycles. The second kappa shape index (κ2) is 3.48. The number of allylic oxidation sites excluding steroid dienone is 2. The van der Waals surface area contributed by atoms with E-state index in [-0.39, 0.29) is 0 Å². The molecule has 0 amide bonds. The van der Waals surface area contributed by atoms with E-state index in [0.29, 0.717) is 6.04 Å². The van der Waals surface area contributed by atoms with Crippen molar-refractivity contribution in [2.45, 2.75) is 13.0 Å². The summed E-state index contributed by atoms with van der Waals surface area (Å²) in [5.41, 5.74) is 2.62. The summed E-state index contributed by atoms with van der Waals surface area (Å²) in [7, 11) is 0. The van der Waals surface area contributed by atoms with Gasteiger partial charge in [0.2, 0.25) is 0 Å². The van der Waals surface area contributed by atoms with E-state index in [1.54, 1.807) is 0 Å². The third-order valence-electron chi connectivity index (χ3n) is 2.21. The van der Waals surface area contributed by atoms with Gasteiger partial charge in [0.25, 0.3) is 0 Å². The largest absolute Gasteiger partial charge is 0.381 e. The van der Waals surface area contributed by atoms with E-state index in [0.717, 1.165) is 0 Å². The lowest BCUT2D eigenvalue weighted by molar-refractivity contribution is 0.739. The van der Waals surface area contributed by atoms with Gasteiger partial charge in [-0.15, -0.1) is 0 Å². The molecular weight excluding hydrogens is 158 g/mol. The lowest BCUT2D eigenvalue weighted by Crippen LogP contribution is -2.15. The molecule has 0 aromatic heterocycles. The summed E-state index contributed by atoms with van der Waals surface area (Å²) in [6.45, 7) is 2.12. The first-order valence-electron chi connectivity index (χ1n) is 4.52. The van der Waals surface area contributed by atoms with Gasteiger partial charge in [0.15, 0.2) is 0 Å². The molecule has 66 valence electrons. The number of rotatable bonds is 1. The predicted octanol–water partition coefficient (Wildman–Crippen LogP) is 2.79. The first-order valence-corrected chi connectivity index (χ1v) is 4.52. The van der Waals surface area contributed by atoms with Crippen molar-refractivity contribution in [3.63, 3.8) is 0 Å². The first-order chi connectivity index (χ1) is 6.36. The number of hydrogen-bond donors (Lipinski definition) is 1. The number of dihydropyridines is 1. The van der Waals surface area contributed by atoms with Crippen molar-refractivity contribution in [1.82, 2.24) is 5.32 Å². The summed E-state index contributed by atoms with van der Waals surface area (Å²) in [4.78, 5) is 0. The van der Waals surface area contributed by atoms with Gasteiger partial charge in [-0.1, -0.05) is 42.0 Å². The Morgan fingerprint density at radius 3 is 2.62 bits per heavy atom. The van der Waals surface area contributed by atoms with Gasteiger partial charge in [0.05, 0.1) is 6.04 Å². The van der Waals surface area contributed by atoms with Crippen LogP contribution in [0.4, 0.5) is 0 Å². The van der Waals surface area contributed by atoms with Crippen LogP contribution in [0.2, 0.25) is 0 Å². The summed E-state index contributed by atoms with van der Waals surface area (Å²) in [6.07, 6.45) is 6.32. The first kappa shape index (κ1) is 8.11. The van der Waals surface area contributed by atoms with Crippen LogP contribution in [0.15, 0.2) is 54.3 Å². The Labute approximate surface area is 78.8 Å². The molecule has 0 saturated heterocycles. The highest BCUT2D eigenvalue weighted by Crippen LogP contribution is 2.18. The molecule has 1 aromatic rings. The summed E-state index contributed by atoms with van der Waals surface area (Å²) in [5.74, 6) is 0. The van der Waals surface area contributed by atoms with Gasteiger partial charge < -0.3 is 5.32 Å². The van der Waals surface area contributed by atoms with Crippen LogP contribution < -0.4 is 5.32 Å². The quantitative estimate of drug-likeness (QED) is 0.685. The molecule has 2 rings (SSSR count). The highest BCUT2D eigenvalue weighted by molar-refractivity contribution is 5.30. The molecule has 1 nitrogen and oxygen atoms in total. The van der Waals surface area contributed by atoms with E-state index in [2.05, 4.69) is 48.7 Å². The molecule has 1 atom stereocenters. The van der Waals surface area contributed by atoms with Crippen LogP contribution in [0, 0.1) is 0 Å². The maximum atomic E-state index is 3.31. The fraction of sp³-hybridized carbons (Fsp3) is 0.167. The van der Waals surface area contributed by atoms with Crippen LogP contribution in [-0.4, -0.2) is 0 Å².